The average molecular weight is 380 g/mol. The first-order valence-electron chi connectivity index (χ1n) is 10.2. The molecule has 0 fully saturated rings. The summed E-state index contributed by atoms with van der Waals surface area (Å²) in [6, 6.07) is 14.8. The lowest BCUT2D eigenvalue weighted by atomic mass is 9.86. The second-order valence-electron chi connectivity index (χ2n) is 8.71. The van der Waals surface area contributed by atoms with Crippen LogP contribution < -0.4 is 4.74 Å². The second kappa shape index (κ2) is 8.78. The number of hydrogen-bond donors (Lipinski definition) is 1. The number of aromatic nitrogens is 2. The van der Waals surface area contributed by atoms with Crippen LogP contribution in [0.15, 0.2) is 42.5 Å². The molecule has 1 heterocycles. The minimum absolute atomic E-state index is 0.143. The molecule has 1 N–H and O–H groups in total. The maximum absolute atomic E-state index is 6.11. The highest BCUT2D eigenvalue weighted by molar-refractivity contribution is 5.82. The van der Waals surface area contributed by atoms with Crippen molar-refractivity contribution < 1.29 is 4.74 Å². The van der Waals surface area contributed by atoms with E-state index in [-0.39, 0.29) is 5.41 Å². The molecular weight excluding hydrogens is 346 g/mol. The van der Waals surface area contributed by atoms with Gasteiger partial charge in [0.2, 0.25) is 0 Å². The molecule has 3 rings (SSSR count). The predicted octanol–water partition coefficient (Wildman–Crippen LogP) is 5.67. The van der Waals surface area contributed by atoms with Crippen molar-refractivity contribution in [3.8, 4) is 5.75 Å². The lowest BCUT2D eigenvalue weighted by Crippen LogP contribution is -2.19. The van der Waals surface area contributed by atoms with E-state index in [2.05, 4.69) is 80.2 Å². The standard InChI is InChI=1S/C24H33N3O/c1-6-7-13-27(5)16-23-21-15-20(11-12-22(21)25-26-23)28-17-18-9-8-10-19(14-18)24(2,3)4/h8-12,14-15H,6-7,13,16-17H2,1-5H3,(H,25,26). The number of hydrogen-bond acceptors (Lipinski definition) is 3. The van der Waals surface area contributed by atoms with Gasteiger partial charge in [-0.15, -0.1) is 0 Å². The molecule has 2 aromatic carbocycles. The Morgan fingerprint density at radius 1 is 1.11 bits per heavy atom. The first-order chi connectivity index (χ1) is 13.4. The van der Waals surface area contributed by atoms with E-state index >= 15 is 0 Å². The zero-order valence-electron chi connectivity index (χ0n) is 17.9. The maximum atomic E-state index is 6.11. The molecular formula is C24H33N3O. The lowest BCUT2D eigenvalue weighted by molar-refractivity contribution is 0.306. The Bertz CT molecular complexity index is 908. The van der Waals surface area contributed by atoms with Crippen molar-refractivity contribution in [3.05, 3.63) is 59.3 Å². The molecule has 0 aliphatic rings. The van der Waals surface area contributed by atoms with Crippen molar-refractivity contribution in [2.75, 3.05) is 13.6 Å². The molecule has 1 aromatic heterocycles. The van der Waals surface area contributed by atoms with Crippen LogP contribution >= 0.6 is 0 Å². The smallest absolute Gasteiger partial charge is 0.120 e. The molecule has 0 amide bonds. The fraction of sp³-hybridized carbons (Fsp3) is 0.458. The number of H-pyrrole nitrogens is 1. The fourth-order valence-corrected chi connectivity index (χ4v) is 3.32. The summed E-state index contributed by atoms with van der Waals surface area (Å²) in [6.07, 6.45) is 2.42. The van der Waals surface area contributed by atoms with E-state index in [9.17, 15) is 0 Å². The predicted molar refractivity (Wildman–Crippen MR) is 117 cm³/mol. The Kier molecular flexibility index (Phi) is 6.40. The van der Waals surface area contributed by atoms with E-state index in [0.717, 1.165) is 35.4 Å². The van der Waals surface area contributed by atoms with Crippen LogP contribution in [0.5, 0.6) is 5.75 Å². The van der Waals surface area contributed by atoms with Crippen molar-refractivity contribution in [1.29, 1.82) is 0 Å². The van der Waals surface area contributed by atoms with Gasteiger partial charge in [-0.3, -0.25) is 5.10 Å². The number of nitrogens with zero attached hydrogens (tertiary/aromatic N) is 2. The summed E-state index contributed by atoms with van der Waals surface area (Å²) in [5.41, 5.74) is 4.80. The van der Waals surface area contributed by atoms with Gasteiger partial charge in [0.05, 0.1) is 11.2 Å². The summed E-state index contributed by atoms with van der Waals surface area (Å²) in [5.74, 6) is 0.882. The van der Waals surface area contributed by atoms with Crippen molar-refractivity contribution >= 4 is 10.9 Å². The normalized spacial score (nSPS) is 12.1. The number of aromatic amines is 1. The highest BCUT2D eigenvalue weighted by atomic mass is 16.5. The molecule has 0 saturated carbocycles. The minimum Gasteiger partial charge on any atom is -0.489 e. The van der Waals surface area contributed by atoms with E-state index in [0.29, 0.717) is 6.61 Å². The van der Waals surface area contributed by atoms with Crippen LogP contribution in [0.1, 0.15) is 57.4 Å². The Morgan fingerprint density at radius 2 is 1.93 bits per heavy atom. The zero-order chi connectivity index (χ0) is 20.1. The number of unbranched alkanes of at least 4 members (excludes halogenated alkanes) is 1. The molecule has 4 heteroatoms. The van der Waals surface area contributed by atoms with Gasteiger partial charge in [0, 0.05) is 11.9 Å². The number of benzene rings is 2. The molecule has 0 radical (unpaired) electrons. The Hall–Kier alpha value is -2.33. The molecule has 3 aromatic rings. The summed E-state index contributed by atoms with van der Waals surface area (Å²) in [4.78, 5) is 2.34. The number of ether oxygens (including phenoxy) is 1. The number of rotatable bonds is 8. The third-order valence-corrected chi connectivity index (χ3v) is 5.12. The van der Waals surface area contributed by atoms with Gasteiger partial charge >= 0.3 is 0 Å². The number of fused-ring (bicyclic) bond motifs is 1. The van der Waals surface area contributed by atoms with Gasteiger partial charge < -0.3 is 9.64 Å². The van der Waals surface area contributed by atoms with Gasteiger partial charge in [-0.25, -0.2) is 0 Å². The van der Waals surface area contributed by atoms with Crippen LogP contribution in [-0.2, 0) is 18.6 Å². The largest absolute Gasteiger partial charge is 0.489 e. The summed E-state index contributed by atoms with van der Waals surface area (Å²) >= 11 is 0. The molecule has 0 unspecified atom stereocenters. The minimum atomic E-state index is 0.143. The summed E-state index contributed by atoms with van der Waals surface area (Å²) in [5, 5.41) is 8.78. The van der Waals surface area contributed by atoms with Gasteiger partial charge in [0.15, 0.2) is 0 Å². The Labute approximate surface area is 168 Å². The third kappa shape index (κ3) is 5.14. The van der Waals surface area contributed by atoms with E-state index in [1.165, 1.54) is 24.0 Å². The Morgan fingerprint density at radius 3 is 2.68 bits per heavy atom. The molecule has 0 bridgehead atoms. The van der Waals surface area contributed by atoms with E-state index in [4.69, 9.17) is 4.74 Å². The maximum Gasteiger partial charge on any atom is 0.120 e. The molecule has 0 aliphatic heterocycles. The van der Waals surface area contributed by atoms with Crippen molar-refractivity contribution in [1.82, 2.24) is 15.1 Å². The summed E-state index contributed by atoms with van der Waals surface area (Å²) in [6.45, 7) is 11.5. The van der Waals surface area contributed by atoms with Crippen LogP contribution in [0.3, 0.4) is 0 Å². The molecule has 28 heavy (non-hydrogen) atoms. The SMILES string of the molecule is CCCCN(C)Cc1[nH]nc2ccc(OCc3cccc(C(C)(C)C)c3)cc12. The van der Waals surface area contributed by atoms with Crippen LogP contribution in [0.4, 0.5) is 0 Å². The molecule has 4 nitrogen and oxygen atoms in total. The van der Waals surface area contributed by atoms with E-state index < -0.39 is 0 Å². The lowest BCUT2D eigenvalue weighted by Gasteiger charge is -2.19. The van der Waals surface area contributed by atoms with Gasteiger partial charge in [-0.1, -0.05) is 58.4 Å². The monoisotopic (exact) mass is 379 g/mol. The van der Waals surface area contributed by atoms with Crippen molar-refractivity contribution in [2.24, 2.45) is 0 Å². The first kappa shape index (κ1) is 20.4. The molecule has 0 spiro atoms. The van der Waals surface area contributed by atoms with Crippen LogP contribution in [0.2, 0.25) is 0 Å². The van der Waals surface area contributed by atoms with Crippen LogP contribution in [-0.4, -0.2) is 28.7 Å². The topological polar surface area (TPSA) is 41.2 Å². The highest BCUT2D eigenvalue weighted by Gasteiger charge is 2.14. The summed E-state index contributed by atoms with van der Waals surface area (Å²) < 4.78 is 6.11. The van der Waals surface area contributed by atoms with Gasteiger partial charge in [0.1, 0.15) is 12.4 Å². The second-order valence-corrected chi connectivity index (χ2v) is 8.71. The molecule has 0 atom stereocenters. The Balaban J connectivity index is 1.71. The van der Waals surface area contributed by atoms with Crippen LogP contribution in [0.25, 0.3) is 10.9 Å². The molecule has 0 aliphatic carbocycles. The zero-order valence-corrected chi connectivity index (χ0v) is 17.9. The fourth-order valence-electron chi connectivity index (χ4n) is 3.32. The van der Waals surface area contributed by atoms with Gasteiger partial charge in [-0.2, -0.15) is 5.10 Å². The van der Waals surface area contributed by atoms with Gasteiger partial charge in [-0.05, 0) is 54.8 Å². The van der Waals surface area contributed by atoms with E-state index in [1.807, 2.05) is 12.1 Å². The van der Waals surface area contributed by atoms with Crippen LogP contribution in [0, 0.1) is 0 Å². The van der Waals surface area contributed by atoms with Crippen molar-refractivity contribution in [3.63, 3.8) is 0 Å². The molecule has 0 saturated heterocycles. The van der Waals surface area contributed by atoms with Crippen molar-refractivity contribution in [2.45, 2.75) is 59.1 Å². The first-order valence-corrected chi connectivity index (χ1v) is 10.2. The van der Waals surface area contributed by atoms with Gasteiger partial charge in [0.25, 0.3) is 0 Å². The van der Waals surface area contributed by atoms with E-state index in [1.54, 1.807) is 0 Å². The quantitative estimate of drug-likeness (QED) is 0.548. The average Bonchev–Trinajstić information content (AvgIpc) is 3.06. The third-order valence-electron chi connectivity index (χ3n) is 5.12. The molecule has 150 valence electrons. The summed E-state index contributed by atoms with van der Waals surface area (Å²) in [7, 11) is 2.16. The highest BCUT2D eigenvalue weighted by Crippen LogP contribution is 2.25. The number of nitrogens with one attached hydrogen (secondary N) is 1.